The van der Waals surface area contributed by atoms with E-state index in [0.29, 0.717) is 37.6 Å². The number of rotatable bonds is 7. The molecule has 34 heavy (non-hydrogen) atoms. The molecule has 0 aliphatic carbocycles. The maximum absolute atomic E-state index is 13.4. The molecule has 5 rings (SSSR count). The molecule has 0 bridgehead atoms. The van der Waals surface area contributed by atoms with Gasteiger partial charge in [-0.2, -0.15) is 9.40 Å². The summed E-state index contributed by atoms with van der Waals surface area (Å²) in [5, 5.41) is 18.8. The molecule has 2 aromatic heterocycles. The van der Waals surface area contributed by atoms with Gasteiger partial charge in [0.1, 0.15) is 11.5 Å². The zero-order chi connectivity index (χ0) is 23.9. The molecule has 2 aromatic carbocycles. The Bertz CT molecular complexity index is 1410. The third-order valence-corrected chi connectivity index (χ3v) is 8.05. The molecule has 10 heteroatoms. The summed E-state index contributed by atoms with van der Waals surface area (Å²) in [7, 11) is -3.65. The normalized spacial score (nSPS) is 19.1. The van der Waals surface area contributed by atoms with Crippen LogP contribution >= 0.6 is 0 Å². The Balaban J connectivity index is 1.44. The molecule has 1 aliphatic rings. The van der Waals surface area contributed by atoms with Crippen LogP contribution in [0.2, 0.25) is 0 Å². The number of benzene rings is 2. The quantitative estimate of drug-likeness (QED) is 0.428. The van der Waals surface area contributed by atoms with Gasteiger partial charge in [-0.1, -0.05) is 25.1 Å². The van der Waals surface area contributed by atoms with Crippen molar-refractivity contribution in [2.24, 2.45) is 5.92 Å². The molecule has 1 aliphatic heterocycles. The Morgan fingerprint density at radius 1 is 1.15 bits per heavy atom. The van der Waals surface area contributed by atoms with E-state index in [1.165, 1.54) is 10.4 Å². The van der Waals surface area contributed by atoms with Gasteiger partial charge in [0.2, 0.25) is 10.0 Å². The van der Waals surface area contributed by atoms with Crippen molar-refractivity contribution in [1.29, 1.82) is 0 Å². The number of hydrogen-bond acceptors (Lipinski definition) is 7. The molecular formula is C24H26N4O5S. The first-order valence-corrected chi connectivity index (χ1v) is 12.6. The van der Waals surface area contributed by atoms with Crippen LogP contribution in [0.4, 0.5) is 0 Å². The van der Waals surface area contributed by atoms with E-state index >= 15 is 0 Å². The molecule has 178 valence electrons. The van der Waals surface area contributed by atoms with Crippen LogP contribution in [-0.2, 0) is 16.4 Å². The fraction of sp³-hybridized carbons (Fsp3) is 0.333. The van der Waals surface area contributed by atoms with Gasteiger partial charge in [-0.25, -0.2) is 8.42 Å². The Kier molecular flexibility index (Phi) is 5.78. The first kappa shape index (κ1) is 22.4. The molecule has 3 heterocycles. The highest BCUT2D eigenvalue weighted by atomic mass is 32.2. The predicted molar refractivity (Wildman–Crippen MR) is 125 cm³/mol. The average Bonchev–Trinajstić information content (AvgIpc) is 3.52. The number of ether oxygens (including phenoxy) is 1. The lowest BCUT2D eigenvalue weighted by Gasteiger charge is -2.18. The fourth-order valence-corrected chi connectivity index (χ4v) is 6.09. The van der Waals surface area contributed by atoms with Crippen molar-refractivity contribution in [3.63, 3.8) is 0 Å². The van der Waals surface area contributed by atoms with Crippen LogP contribution in [0.25, 0.3) is 10.9 Å². The highest BCUT2D eigenvalue weighted by Crippen LogP contribution is 2.35. The highest BCUT2D eigenvalue weighted by molar-refractivity contribution is 7.89. The molecule has 1 saturated heterocycles. The van der Waals surface area contributed by atoms with Crippen molar-refractivity contribution >= 4 is 20.9 Å². The van der Waals surface area contributed by atoms with E-state index in [2.05, 4.69) is 5.16 Å². The summed E-state index contributed by atoms with van der Waals surface area (Å²) < 4.78 is 40.8. The van der Waals surface area contributed by atoms with Crippen molar-refractivity contribution in [3.8, 4) is 11.6 Å². The predicted octanol–water partition coefficient (Wildman–Crippen LogP) is 3.60. The maximum atomic E-state index is 13.4. The van der Waals surface area contributed by atoms with Crippen LogP contribution in [0.3, 0.4) is 0 Å². The lowest BCUT2D eigenvalue weighted by Crippen LogP contribution is -2.29. The minimum Gasteiger partial charge on any atom is -0.494 e. The number of aromatic hydroxyl groups is 1. The summed E-state index contributed by atoms with van der Waals surface area (Å²) in [6, 6.07) is 15.7. The minimum absolute atomic E-state index is 0.0583. The van der Waals surface area contributed by atoms with E-state index in [9.17, 15) is 13.5 Å². The van der Waals surface area contributed by atoms with E-state index in [1.807, 2.05) is 42.8 Å². The Hall–Kier alpha value is -3.37. The van der Waals surface area contributed by atoms with Crippen LogP contribution in [0.15, 0.2) is 64.0 Å². The topological polar surface area (TPSA) is 111 Å². The highest BCUT2D eigenvalue weighted by Gasteiger charge is 2.39. The summed E-state index contributed by atoms with van der Waals surface area (Å²) in [6.07, 6.45) is 0.371. The summed E-state index contributed by atoms with van der Waals surface area (Å²) in [4.78, 5) is 0.250. The van der Waals surface area contributed by atoms with Crippen molar-refractivity contribution in [2.75, 3.05) is 19.7 Å². The van der Waals surface area contributed by atoms with E-state index < -0.39 is 10.0 Å². The average molecular weight is 483 g/mol. The van der Waals surface area contributed by atoms with Gasteiger partial charge in [0, 0.05) is 24.5 Å². The third-order valence-electron chi connectivity index (χ3n) is 6.20. The molecular weight excluding hydrogens is 456 g/mol. The fourth-order valence-electron chi connectivity index (χ4n) is 4.53. The molecule has 2 atom stereocenters. The lowest BCUT2D eigenvalue weighted by atomic mass is 10.1. The van der Waals surface area contributed by atoms with E-state index in [-0.39, 0.29) is 22.7 Å². The molecule has 0 spiro atoms. The van der Waals surface area contributed by atoms with Gasteiger partial charge in [-0.3, -0.25) is 4.68 Å². The maximum Gasteiger partial charge on any atom is 0.251 e. The largest absolute Gasteiger partial charge is 0.494 e. The van der Waals surface area contributed by atoms with Crippen LogP contribution in [0, 0.1) is 5.92 Å². The van der Waals surface area contributed by atoms with Crippen LogP contribution in [-0.4, -0.2) is 52.5 Å². The summed E-state index contributed by atoms with van der Waals surface area (Å²) >= 11 is 0. The number of aromatic nitrogens is 3. The molecule has 0 amide bonds. The Morgan fingerprint density at radius 2 is 1.91 bits per heavy atom. The SMILES string of the molecule is CCOc1ccc(S(=O)(=O)N2C[C@@H](C)[C@@H](n3nc(Cc4cc(O)no4)c4ccccc43)C2)cc1. The van der Waals surface area contributed by atoms with Gasteiger partial charge in [-0.15, -0.1) is 0 Å². The number of hydrogen-bond donors (Lipinski definition) is 1. The van der Waals surface area contributed by atoms with Gasteiger partial charge in [-0.05, 0) is 48.3 Å². The molecule has 1 fully saturated rings. The zero-order valence-corrected chi connectivity index (χ0v) is 19.8. The number of sulfonamides is 1. The number of fused-ring (bicyclic) bond motifs is 1. The standard InChI is InChI=1S/C24H26N4O5S/c1-3-32-17-8-10-19(11-9-17)34(30,31)27-14-16(2)23(15-27)28-22-7-5-4-6-20(22)21(25-28)12-18-13-24(29)26-33-18/h4-11,13,16,23H,3,12,14-15H2,1-2H3,(H,26,29)/t16-,23+/m1/s1. The molecule has 1 N–H and O–H groups in total. The second kappa shape index (κ2) is 8.77. The van der Waals surface area contributed by atoms with Crippen LogP contribution < -0.4 is 4.74 Å². The molecule has 9 nitrogen and oxygen atoms in total. The smallest absolute Gasteiger partial charge is 0.251 e. The Labute approximate surface area is 197 Å². The molecule has 0 radical (unpaired) electrons. The van der Waals surface area contributed by atoms with E-state index in [0.717, 1.165) is 16.6 Å². The van der Waals surface area contributed by atoms with Gasteiger partial charge in [0.05, 0.1) is 35.2 Å². The molecule has 0 saturated carbocycles. The van der Waals surface area contributed by atoms with Crippen molar-refractivity contribution in [2.45, 2.75) is 31.2 Å². The molecule has 4 aromatic rings. The lowest BCUT2D eigenvalue weighted by molar-refractivity contribution is 0.340. The second-order valence-corrected chi connectivity index (χ2v) is 10.4. The first-order valence-electron chi connectivity index (χ1n) is 11.2. The van der Waals surface area contributed by atoms with Crippen molar-refractivity contribution in [3.05, 3.63) is 66.1 Å². The Morgan fingerprint density at radius 3 is 2.62 bits per heavy atom. The third kappa shape index (κ3) is 4.03. The van der Waals surface area contributed by atoms with E-state index in [4.69, 9.17) is 14.4 Å². The monoisotopic (exact) mass is 482 g/mol. The summed E-state index contributed by atoms with van der Waals surface area (Å²) in [5.41, 5.74) is 1.71. The van der Waals surface area contributed by atoms with Gasteiger partial charge in [0.15, 0.2) is 0 Å². The van der Waals surface area contributed by atoms with E-state index in [1.54, 1.807) is 24.3 Å². The first-order chi connectivity index (χ1) is 16.4. The van der Waals surface area contributed by atoms with Gasteiger partial charge < -0.3 is 14.4 Å². The zero-order valence-electron chi connectivity index (χ0n) is 19.0. The van der Waals surface area contributed by atoms with Crippen molar-refractivity contribution < 1.29 is 22.8 Å². The van der Waals surface area contributed by atoms with Gasteiger partial charge >= 0.3 is 0 Å². The summed E-state index contributed by atoms with van der Waals surface area (Å²) in [5.74, 6) is 1.04. The molecule has 0 unspecified atom stereocenters. The van der Waals surface area contributed by atoms with Crippen LogP contribution in [0.5, 0.6) is 11.6 Å². The minimum atomic E-state index is -3.65. The number of nitrogens with zero attached hydrogens (tertiary/aromatic N) is 4. The van der Waals surface area contributed by atoms with Crippen LogP contribution in [0.1, 0.15) is 31.3 Å². The number of para-hydroxylation sites is 1. The second-order valence-electron chi connectivity index (χ2n) is 8.51. The van der Waals surface area contributed by atoms with Gasteiger partial charge in [0.25, 0.3) is 5.88 Å². The summed E-state index contributed by atoms with van der Waals surface area (Å²) in [6.45, 7) is 5.18. The van der Waals surface area contributed by atoms with Crippen molar-refractivity contribution in [1.82, 2.24) is 19.2 Å².